The first-order valence-electron chi connectivity index (χ1n) is 17.2. The molecule has 0 saturated carbocycles. The Morgan fingerprint density at radius 1 is 0.830 bits per heavy atom. The van der Waals surface area contributed by atoms with Crippen LogP contribution in [0.2, 0.25) is 0 Å². The zero-order valence-corrected chi connectivity index (χ0v) is 30.9. The molecule has 15 heteroatoms. The van der Waals surface area contributed by atoms with Gasteiger partial charge in [-0.15, -0.1) is 5.10 Å². The molecule has 0 amide bonds. The number of carbonyl (C=O) groups excluding carboxylic acids is 5. The number of aryl methyl sites for hydroxylation is 1. The number of ether oxygens (including phenoxy) is 8. The zero-order chi connectivity index (χ0) is 38.7. The first kappa shape index (κ1) is 40.3. The average molecular weight is 739 g/mol. The average Bonchev–Trinajstić information content (AvgIpc) is 3.48. The van der Waals surface area contributed by atoms with Gasteiger partial charge in [-0.3, -0.25) is 29.1 Å². The fourth-order valence-corrected chi connectivity index (χ4v) is 5.71. The van der Waals surface area contributed by atoms with Crippen LogP contribution in [0, 0.1) is 6.92 Å². The lowest BCUT2D eigenvalue weighted by Gasteiger charge is -2.43. The number of carbonyl (C=O) groups is 5. The van der Waals surface area contributed by atoms with Crippen LogP contribution < -0.4 is 9.47 Å². The SMILES string of the molecule is CC(=O)OC[C@H]1OC(Oc2n[nH]c(C(C)C)c2Cc2ccc(OCCC(=O)OCc3ccccc3)cc2C)[C@H](OC(C)=O)[C@@H](OC(C)=O)[C@@H]1OC(C)=O. The maximum Gasteiger partial charge on any atom is 0.309 e. The zero-order valence-electron chi connectivity index (χ0n) is 30.9. The van der Waals surface area contributed by atoms with Gasteiger partial charge in [-0.2, -0.15) is 0 Å². The van der Waals surface area contributed by atoms with Gasteiger partial charge in [0.05, 0.1) is 13.0 Å². The van der Waals surface area contributed by atoms with Crippen molar-refractivity contribution in [3.63, 3.8) is 0 Å². The van der Waals surface area contributed by atoms with E-state index in [1.807, 2.05) is 63.2 Å². The van der Waals surface area contributed by atoms with Crippen LogP contribution in [-0.2, 0) is 65.4 Å². The van der Waals surface area contributed by atoms with Crippen LogP contribution in [0.15, 0.2) is 48.5 Å². The minimum absolute atomic E-state index is 0.0187. The van der Waals surface area contributed by atoms with E-state index >= 15 is 0 Å². The van der Waals surface area contributed by atoms with Crippen LogP contribution in [0.4, 0.5) is 0 Å². The molecule has 2 aromatic carbocycles. The Morgan fingerprint density at radius 2 is 1.49 bits per heavy atom. The molecule has 15 nitrogen and oxygen atoms in total. The molecule has 1 fully saturated rings. The second kappa shape index (κ2) is 18.9. The lowest BCUT2D eigenvalue weighted by atomic mass is 9.96. The first-order chi connectivity index (χ1) is 25.2. The normalized spacial score (nSPS) is 19.5. The van der Waals surface area contributed by atoms with Gasteiger partial charge in [0.15, 0.2) is 12.2 Å². The molecule has 1 aliphatic heterocycles. The number of hydrogen-bond acceptors (Lipinski definition) is 14. The number of benzene rings is 2. The van der Waals surface area contributed by atoms with E-state index in [2.05, 4.69) is 10.2 Å². The predicted molar refractivity (Wildman–Crippen MR) is 186 cm³/mol. The second-order valence-electron chi connectivity index (χ2n) is 12.8. The van der Waals surface area contributed by atoms with Crippen molar-refractivity contribution in [3.05, 3.63) is 76.5 Å². The molecule has 0 spiro atoms. The molecule has 0 bridgehead atoms. The first-order valence-corrected chi connectivity index (χ1v) is 17.2. The summed E-state index contributed by atoms with van der Waals surface area (Å²) in [5.41, 5.74) is 4.14. The molecule has 2 heterocycles. The molecule has 286 valence electrons. The highest BCUT2D eigenvalue weighted by Crippen LogP contribution is 2.35. The van der Waals surface area contributed by atoms with Gasteiger partial charge in [-0.25, -0.2) is 0 Å². The van der Waals surface area contributed by atoms with E-state index in [4.69, 9.17) is 37.9 Å². The highest BCUT2D eigenvalue weighted by molar-refractivity contribution is 5.70. The largest absolute Gasteiger partial charge is 0.493 e. The van der Waals surface area contributed by atoms with E-state index in [1.54, 1.807) is 6.07 Å². The van der Waals surface area contributed by atoms with Crippen molar-refractivity contribution in [2.75, 3.05) is 13.2 Å². The van der Waals surface area contributed by atoms with Gasteiger partial charge in [0.1, 0.15) is 25.1 Å². The Kier molecular flexibility index (Phi) is 14.4. The molecule has 1 aromatic heterocycles. The van der Waals surface area contributed by atoms with Gasteiger partial charge < -0.3 is 37.9 Å². The monoisotopic (exact) mass is 738 g/mol. The molecule has 1 unspecified atom stereocenters. The fourth-order valence-electron chi connectivity index (χ4n) is 5.71. The number of nitrogens with one attached hydrogen (secondary N) is 1. The van der Waals surface area contributed by atoms with Gasteiger partial charge in [-0.1, -0.05) is 50.2 Å². The van der Waals surface area contributed by atoms with Crippen LogP contribution in [0.25, 0.3) is 0 Å². The minimum atomic E-state index is -1.45. The number of H-pyrrole nitrogens is 1. The Hall–Kier alpha value is -5.44. The molecule has 5 atom stereocenters. The lowest BCUT2D eigenvalue weighted by Crippen LogP contribution is -2.63. The number of hydrogen-bond donors (Lipinski definition) is 1. The van der Waals surface area contributed by atoms with Gasteiger partial charge >= 0.3 is 29.8 Å². The Morgan fingerprint density at radius 3 is 2.11 bits per heavy atom. The summed E-state index contributed by atoms with van der Waals surface area (Å²) in [5.74, 6) is -2.59. The molecule has 3 aromatic rings. The van der Waals surface area contributed by atoms with Crippen molar-refractivity contribution < 1.29 is 61.9 Å². The smallest absolute Gasteiger partial charge is 0.309 e. The topological polar surface area (TPSA) is 188 Å². The van der Waals surface area contributed by atoms with Gasteiger partial charge in [-0.05, 0) is 41.7 Å². The Bertz CT molecular complexity index is 1740. The van der Waals surface area contributed by atoms with Crippen LogP contribution in [0.1, 0.15) is 81.8 Å². The Balaban J connectivity index is 1.54. The lowest BCUT2D eigenvalue weighted by molar-refractivity contribution is -0.289. The van der Waals surface area contributed by atoms with Crippen LogP contribution in [0.5, 0.6) is 11.6 Å². The van der Waals surface area contributed by atoms with Gasteiger partial charge in [0, 0.05) is 45.4 Å². The van der Waals surface area contributed by atoms with Crippen LogP contribution in [0.3, 0.4) is 0 Å². The second-order valence-corrected chi connectivity index (χ2v) is 12.8. The van der Waals surface area contributed by atoms with Crippen molar-refractivity contribution in [2.45, 2.75) is 105 Å². The van der Waals surface area contributed by atoms with E-state index in [-0.39, 0.29) is 37.4 Å². The summed E-state index contributed by atoms with van der Waals surface area (Å²) in [5, 5.41) is 7.45. The van der Waals surface area contributed by atoms with E-state index in [9.17, 15) is 24.0 Å². The number of rotatable bonds is 16. The standard InChI is InChI=1S/C38H46N2O13/c1-21(2)33-30(18-28-13-14-29(17-22(28)3)46-16-15-32(45)48-19-27-11-9-8-10-12-27)37(40-39-33)53-38-36(51-26(7)44)35(50-25(6)43)34(49-24(5)42)31(52-38)20-47-23(4)41/h8-14,17,21,31,34-36,38H,15-16,18-20H2,1-7H3,(H,39,40)/t31-,34-,35+,36-,38?/m1/s1. The number of aromatic nitrogens is 2. The molecule has 4 rings (SSSR count). The third-order valence-electron chi connectivity index (χ3n) is 8.11. The molecule has 1 saturated heterocycles. The van der Waals surface area contributed by atoms with E-state index < -0.39 is 61.2 Å². The highest BCUT2D eigenvalue weighted by atomic mass is 16.7. The number of esters is 5. The van der Waals surface area contributed by atoms with Crippen molar-refractivity contribution in [1.29, 1.82) is 0 Å². The van der Waals surface area contributed by atoms with E-state index in [1.165, 1.54) is 6.92 Å². The molecule has 1 aliphatic rings. The molecular weight excluding hydrogens is 692 g/mol. The quantitative estimate of drug-likeness (QED) is 0.161. The minimum Gasteiger partial charge on any atom is -0.493 e. The van der Waals surface area contributed by atoms with Crippen molar-refractivity contribution >= 4 is 29.8 Å². The van der Waals surface area contributed by atoms with E-state index in [0.717, 1.165) is 43.2 Å². The summed E-state index contributed by atoms with van der Waals surface area (Å²) in [6.07, 6.45) is -6.34. The molecule has 53 heavy (non-hydrogen) atoms. The summed E-state index contributed by atoms with van der Waals surface area (Å²) in [7, 11) is 0. The van der Waals surface area contributed by atoms with Crippen LogP contribution in [-0.4, -0.2) is 84.0 Å². The maximum absolute atomic E-state index is 12.3. The third kappa shape index (κ3) is 11.8. The highest BCUT2D eigenvalue weighted by Gasteiger charge is 2.53. The molecular formula is C38H46N2O13. The summed E-state index contributed by atoms with van der Waals surface area (Å²) in [6.45, 7) is 10.4. The van der Waals surface area contributed by atoms with E-state index in [0.29, 0.717) is 17.7 Å². The maximum atomic E-state index is 12.3. The van der Waals surface area contributed by atoms with Gasteiger partial charge in [0.25, 0.3) is 0 Å². The van der Waals surface area contributed by atoms with Gasteiger partial charge in [0.2, 0.25) is 18.3 Å². The number of nitrogens with zero attached hydrogens (tertiary/aromatic N) is 1. The Labute approximate surface area is 307 Å². The third-order valence-corrected chi connectivity index (χ3v) is 8.11. The summed E-state index contributed by atoms with van der Waals surface area (Å²) in [4.78, 5) is 60.6. The molecule has 1 N–H and O–H groups in total. The van der Waals surface area contributed by atoms with Crippen molar-refractivity contribution in [1.82, 2.24) is 10.2 Å². The molecule has 0 radical (unpaired) electrons. The summed E-state index contributed by atoms with van der Waals surface area (Å²) in [6, 6.07) is 15.0. The molecule has 0 aliphatic carbocycles. The van der Waals surface area contributed by atoms with Crippen LogP contribution >= 0.6 is 0 Å². The number of aromatic amines is 1. The summed E-state index contributed by atoms with van der Waals surface area (Å²) < 4.78 is 45.3. The van der Waals surface area contributed by atoms with Crippen molar-refractivity contribution in [2.24, 2.45) is 0 Å². The summed E-state index contributed by atoms with van der Waals surface area (Å²) >= 11 is 0. The predicted octanol–water partition coefficient (Wildman–Crippen LogP) is 4.41. The van der Waals surface area contributed by atoms with Crippen molar-refractivity contribution in [3.8, 4) is 11.6 Å². The fraction of sp³-hybridized carbons (Fsp3) is 0.474.